The van der Waals surface area contributed by atoms with Gasteiger partial charge in [0, 0.05) is 18.3 Å². The van der Waals surface area contributed by atoms with E-state index in [2.05, 4.69) is 9.98 Å². The second kappa shape index (κ2) is 4.85. The second-order valence-electron chi connectivity index (χ2n) is 4.51. The number of nitrogens with one attached hydrogen (secondary N) is 1. The van der Waals surface area contributed by atoms with Crippen molar-refractivity contribution >= 4 is 12.2 Å². The quantitative estimate of drug-likeness (QED) is 0.889. The summed E-state index contributed by atoms with van der Waals surface area (Å²) in [6, 6.07) is 8.22. The maximum atomic E-state index is 12.8. The molecule has 0 amide bonds. The number of aromatic nitrogens is 1. The number of hydrogen-bond donors (Lipinski definition) is 2. The van der Waals surface area contributed by atoms with E-state index < -0.39 is 6.23 Å². The minimum Gasteiger partial charge on any atom is -0.369 e. The molecule has 0 saturated carbocycles. The number of aliphatic imine (C=N–C) groups is 1. The summed E-state index contributed by atoms with van der Waals surface area (Å²) in [6.07, 6.45) is 3.43. The number of fused-ring (bicyclic) bond motifs is 1. The lowest BCUT2D eigenvalue weighted by Crippen LogP contribution is -2.31. The van der Waals surface area contributed by atoms with Gasteiger partial charge in [-0.3, -0.25) is 0 Å². The van der Waals surface area contributed by atoms with Gasteiger partial charge >= 0.3 is 0 Å². The topological polar surface area (TPSA) is 51.6 Å². The fourth-order valence-electron chi connectivity index (χ4n) is 2.16. The lowest BCUT2D eigenvalue weighted by Gasteiger charge is -2.28. The fourth-order valence-corrected chi connectivity index (χ4v) is 2.16. The van der Waals surface area contributed by atoms with Crippen molar-refractivity contribution in [2.24, 2.45) is 4.99 Å². The number of nitrogens with zero attached hydrogens (tertiary/aromatic N) is 2. The Morgan fingerprint density at radius 1 is 1.26 bits per heavy atom. The molecule has 0 saturated heterocycles. The minimum atomic E-state index is -0.681. The van der Waals surface area contributed by atoms with Crippen LogP contribution in [0.2, 0.25) is 0 Å². The van der Waals surface area contributed by atoms with Gasteiger partial charge in [0.1, 0.15) is 11.6 Å². The SMILES string of the molecule is OC1c2cc[nH]c2N=CN1CCc1ccc(F)cc1. The zero-order valence-electron chi connectivity index (χ0n) is 10.3. The van der Waals surface area contributed by atoms with Crippen molar-refractivity contribution < 1.29 is 9.50 Å². The largest absolute Gasteiger partial charge is 0.369 e. The molecule has 4 nitrogen and oxygen atoms in total. The van der Waals surface area contributed by atoms with Crippen molar-refractivity contribution in [2.45, 2.75) is 12.6 Å². The zero-order valence-corrected chi connectivity index (χ0v) is 10.3. The van der Waals surface area contributed by atoms with Crippen molar-refractivity contribution in [3.8, 4) is 0 Å². The predicted octanol–water partition coefficient (Wildman–Crippen LogP) is 2.36. The third-order valence-electron chi connectivity index (χ3n) is 3.26. The van der Waals surface area contributed by atoms with Crippen molar-refractivity contribution in [1.82, 2.24) is 9.88 Å². The molecule has 0 bridgehead atoms. The van der Waals surface area contributed by atoms with Crippen LogP contribution < -0.4 is 0 Å². The summed E-state index contributed by atoms with van der Waals surface area (Å²) in [5.74, 6) is 0.464. The van der Waals surface area contributed by atoms with Crippen LogP contribution in [0.1, 0.15) is 17.4 Å². The first-order valence-corrected chi connectivity index (χ1v) is 6.14. The molecule has 0 spiro atoms. The Morgan fingerprint density at radius 3 is 2.84 bits per heavy atom. The van der Waals surface area contributed by atoms with E-state index in [0.717, 1.165) is 17.5 Å². The molecule has 98 valence electrons. The maximum Gasteiger partial charge on any atom is 0.157 e. The molecule has 1 aliphatic heterocycles. The number of benzene rings is 1. The molecule has 3 rings (SSSR count). The number of H-pyrrole nitrogens is 1. The van der Waals surface area contributed by atoms with Gasteiger partial charge in [-0.1, -0.05) is 12.1 Å². The van der Waals surface area contributed by atoms with Gasteiger partial charge < -0.3 is 15.0 Å². The number of hydrogen-bond acceptors (Lipinski definition) is 3. The van der Waals surface area contributed by atoms with E-state index in [1.54, 1.807) is 29.6 Å². The molecular formula is C14H14FN3O. The number of aliphatic hydroxyl groups excluding tert-OH is 1. The zero-order chi connectivity index (χ0) is 13.2. The molecular weight excluding hydrogens is 245 g/mol. The molecule has 1 aromatic heterocycles. The van der Waals surface area contributed by atoms with Gasteiger partial charge in [-0.25, -0.2) is 9.38 Å². The molecule has 19 heavy (non-hydrogen) atoms. The van der Waals surface area contributed by atoms with Crippen LogP contribution >= 0.6 is 0 Å². The van der Waals surface area contributed by atoms with Crippen LogP contribution in [0.15, 0.2) is 41.5 Å². The third-order valence-corrected chi connectivity index (χ3v) is 3.26. The Hall–Kier alpha value is -2.14. The summed E-state index contributed by atoms with van der Waals surface area (Å²) >= 11 is 0. The van der Waals surface area contributed by atoms with E-state index in [4.69, 9.17) is 0 Å². The smallest absolute Gasteiger partial charge is 0.157 e. The average Bonchev–Trinajstić information content (AvgIpc) is 2.89. The lowest BCUT2D eigenvalue weighted by molar-refractivity contribution is 0.0552. The van der Waals surface area contributed by atoms with Crippen molar-refractivity contribution in [3.05, 3.63) is 53.5 Å². The van der Waals surface area contributed by atoms with Crippen LogP contribution in [0.5, 0.6) is 0 Å². The lowest BCUT2D eigenvalue weighted by atomic mass is 10.1. The standard InChI is InChI=1S/C14H14FN3O/c15-11-3-1-10(2-4-11)6-8-18-9-17-13-12(14(18)19)5-7-16-13/h1-5,7,9,14,16,19H,6,8H2. The highest BCUT2D eigenvalue weighted by Gasteiger charge is 2.22. The van der Waals surface area contributed by atoms with Gasteiger partial charge in [0.15, 0.2) is 6.23 Å². The van der Waals surface area contributed by atoms with Gasteiger partial charge in [0.05, 0.1) is 6.34 Å². The van der Waals surface area contributed by atoms with Crippen molar-refractivity contribution in [3.63, 3.8) is 0 Å². The van der Waals surface area contributed by atoms with E-state index in [1.807, 2.05) is 6.07 Å². The summed E-state index contributed by atoms with van der Waals surface area (Å²) in [7, 11) is 0. The summed E-state index contributed by atoms with van der Waals surface area (Å²) in [4.78, 5) is 8.96. The molecule has 2 aromatic rings. The first-order chi connectivity index (χ1) is 9.24. The van der Waals surface area contributed by atoms with Crippen LogP contribution in [0, 0.1) is 5.82 Å². The molecule has 0 fully saturated rings. The number of aliphatic hydroxyl groups is 1. The summed E-state index contributed by atoms with van der Waals surface area (Å²) in [6.45, 7) is 0.626. The minimum absolute atomic E-state index is 0.236. The normalized spacial score (nSPS) is 17.6. The third kappa shape index (κ3) is 2.37. The number of aromatic amines is 1. The summed E-state index contributed by atoms with van der Waals surface area (Å²) in [5.41, 5.74) is 1.81. The van der Waals surface area contributed by atoms with Crippen LogP contribution in [-0.4, -0.2) is 27.9 Å². The van der Waals surface area contributed by atoms with E-state index in [0.29, 0.717) is 12.4 Å². The van der Waals surface area contributed by atoms with Crippen molar-refractivity contribution in [2.75, 3.05) is 6.54 Å². The monoisotopic (exact) mass is 259 g/mol. The predicted molar refractivity (Wildman–Crippen MR) is 70.7 cm³/mol. The van der Waals surface area contributed by atoms with Gasteiger partial charge in [0.25, 0.3) is 0 Å². The Labute approximate surface area is 110 Å². The summed E-state index contributed by atoms with van der Waals surface area (Å²) in [5, 5.41) is 10.2. The van der Waals surface area contributed by atoms with Crippen LogP contribution in [0.25, 0.3) is 0 Å². The van der Waals surface area contributed by atoms with Gasteiger partial charge in [-0.2, -0.15) is 0 Å². The fraction of sp³-hybridized carbons (Fsp3) is 0.214. The number of halogens is 1. The highest BCUT2D eigenvalue weighted by molar-refractivity contribution is 5.65. The molecule has 2 N–H and O–H groups in total. The summed E-state index contributed by atoms with van der Waals surface area (Å²) < 4.78 is 12.8. The molecule has 0 radical (unpaired) electrons. The molecule has 1 unspecified atom stereocenters. The van der Waals surface area contributed by atoms with Crippen LogP contribution in [0.4, 0.5) is 10.2 Å². The Kier molecular flexibility index (Phi) is 3.05. The Bertz CT molecular complexity index is 591. The molecule has 0 aliphatic carbocycles. The van der Waals surface area contributed by atoms with Gasteiger partial charge in [-0.15, -0.1) is 0 Å². The first kappa shape index (κ1) is 11.9. The highest BCUT2D eigenvalue weighted by atomic mass is 19.1. The van der Waals surface area contributed by atoms with E-state index >= 15 is 0 Å². The molecule has 1 aliphatic rings. The number of rotatable bonds is 3. The van der Waals surface area contributed by atoms with Crippen molar-refractivity contribution in [1.29, 1.82) is 0 Å². The molecule has 1 aromatic carbocycles. The molecule has 2 heterocycles. The Balaban J connectivity index is 1.67. The van der Waals surface area contributed by atoms with E-state index in [1.165, 1.54) is 12.1 Å². The second-order valence-corrected chi connectivity index (χ2v) is 4.51. The van der Waals surface area contributed by atoms with E-state index in [-0.39, 0.29) is 5.82 Å². The highest BCUT2D eigenvalue weighted by Crippen LogP contribution is 2.29. The van der Waals surface area contributed by atoms with Crippen LogP contribution in [-0.2, 0) is 6.42 Å². The Morgan fingerprint density at radius 2 is 2.05 bits per heavy atom. The maximum absolute atomic E-state index is 12.8. The van der Waals surface area contributed by atoms with Crippen LogP contribution in [0.3, 0.4) is 0 Å². The molecule has 1 atom stereocenters. The van der Waals surface area contributed by atoms with Gasteiger partial charge in [0.2, 0.25) is 0 Å². The average molecular weight is 259 g/mol. The van der Waals surface area contributed by atoms with E-state index in [9.17, 15) is 9.50 Å². The first-order valence-electron chi connectivity index (χ1n) is 6.14. The van der Waals surface area contributed by atoms with Gasteiger partial charge in [-0.05, 0) is 30.2 Å². The molecule has 5 heteroatoms.